The second-order valence-electron chi connectivity index (χ2n) is 4.72. The lowest BCUT2D eigenvalue weighted by Crippen LogP contribution is -2.34. The highest BCUT2D eigenvalue weighted by molar-refractivity contribution is 14.1. The van der Waals surface area contributed by atoms with Crippen LogP contribution in [0.1, 0.15) is 33.6 Å². The van der Waals surface area contributed by atoms with Crippen molar-refractivity contribution >= 4 is 51.1 Å². The Labute approximate surface area is 107 Å². The van der Waals surface area contributed by atoms with Gasteiger partial charge in [0.05, 0.1) is 5.41 Å². The number of alkyl halides is 2. The first kappa shape index (κ1) is 12.0. The highest BCUT2D eigenvalue weighted by Gasteiger charge is 2.67. The molecule has 2 unspecified atom stereocenters. The van der Waals surface area contributed by atoms with Gasteiger partial charge in [0.1, 0.15) is 0 Å². The molecule has 4 heteroatoms. The maximum Gasteiger partial charge on any atom is 0.225 e. The van der Waals surface area contributed by atoms with E-state index in [2.05, 4.69) is 66.0 Å². The Hall–Kier alpha value is 0.930. The van der Waals surface area contributed by atoms with E-state index in [4.69, 9.17) is 5.73 Å². The van der Waals surface area contributed by atoms with Crippen molar-refractivity contribution in [1.29, 1.82) is 0 Å². The van der Waals surface area contributed by atoms with Gasteiger partial charge >= 0.3 is 0 Å². The van der Waals surface area contributed by atoms with Gasteiger partial charge in [0.25, 0.3) is 0 Å². The smallest absolute Gasteiger partial charge is 0.225 e. The van der Waals surface area contributed by atoms with Gasteiger partial charge in [-0.15, -0.1) is 0 Å². The summed E-state index contributed by atoms with van der Waals surface area (Å²) >= 11 is 4.74. The minimum absolute atomic E-state index is 0.0824. The van der Waals surface area contributed by atoms with Crippen LogP contribution in [0.15, 0.2) is 0 Å². The number of hydrogen-bond acceptors (Lipinski definition) is 1. The highest BCUT2D eigenvalue weighted by Crippen LogP contribution is 2.66. The first-order chi connectivity index (χ1) is 5.61. The van der Waals surface area contributed by atoms with Crippen molar-refractivity contribution in [2.24, 2.45) is 11.1 Å². The normalized spacial score (nSPS) is 38.8. The van der Waals surface area contributed by atoms with Crippen LogP contribution in [0.2, 0.25) is 0 Å². The molecule has 1 fully saturated rings. The number of carbonyl (C=O) groups excluding carboxylic acids is 1. The molecule has 0 saturated heterocycles. The lowest BCUT2D eigenvalue weighted by molar-refractivity contribution is -0.123. The average molecular weight is 407 g/mol. The first-order valence-electron chi connectivity index (χ1n) is 4.28. The van der Waals surface area contributed by atoms with Crippen molar-refractivity contribution in [3.63, 3.8) is 0 Å². The summed E-state index contributed by atoms with van der Waals surface area (Å²) in [6.45, 7) is 6.40. The second-order valence-corrected chi connectivity index (χ2v) is 10.0. The first-order valence-corrected chi connectivity index (χ1v) is 6.44. The molecule has 0 aliphatic heterocycles. The molecule has 0 aromatic carbocycles. The Kier molecular flexibility index (Phi) is 2.97. The Morgan fingerprint density at radius 2 is 2.00 bits per heavy atom. The number of nitrogens with two attached hydrogens (primary N) is 1. The fraction of sp³-hybridized carbons (Fsp3) is 0.889. The van der Waals surface area contributed by atoms with Crippen molar-refractivity contribution in [3.8, 4) is 0 Å². The minimum atomic E-state index is -0.252. The van der Waals surface area contributed by atoms with Gasteiger partial charge in [-0.3, -0.25) is 4.79 Å². The van der Waals surface area contributed by atoms with E-state index in [1.807, 2.05) is 0 Å². The largest absolute Gasteiger partial charge is 0.369 e. The van der Waals surface area contributed by atoms with Crippen molar-refractivity contribution < 1.29 is 4.79 Å². The summed E-state index contributed by atoms with van der Waals surface area (Å²) in [7, 11) is 0. The van der Waals surface area contributed by atoms with Crippen LogP contribution < -0.4 is 5.73 Å². The Balaban J connectivity index is 2.81. The van der Waals surface area contributed by atoms with Crippen LogP contribution in [-0.2, 0) is 4.79 Å². The molecule has 76 valence electrons. The SMILES string of the molecule is CC(C)(I)CC1(C(N)=O)CC1(C)I. The number of rotatable bonds is 3. The molecule has 13 heavy (non-hydrogen) atoms. The lowest BCUT2D eigenvalue weighted by atomic mass is 9.91. The van der Waals surface area contributed by atoms with E-state index in [1.54, 1.807) is 0 Å². The van der Waals surface area contributed by atoms with E-state index >= 15 is 0 Å². The van der Waals surface area contributed by atoms with Gasteiger partial charge in [0, 0.05) is 6.84 Å². The molecule has 0 aromatic rings. The molecule has 1 saturated carbocycles. The van der Waals surface area contributed by atoms with Crippen LogP contribution in [0.4, 0.5) is 0 Å². The van der Waals surface area contributed by atoms with Crippen LogP contribution in [0.25, 0.3) is 0 Å². The number of carbonyl (C=O) groups is 1. The van der Waals surface area contributed by atoms with Crippen LogP contribution in [0, 0.1) is 5.41 Å². The molecule has 2 N–H and O–H groups in total. The van der Waals surface area contributed by atoms with E-state index in [0.29, 0.717) is 0 Å². The van der Waals surface area contributed by atoms with E-state index in [1.165, 1.54) is 0 Å². The average Bonchev–Trinajstić information content (AvgIpc) is 2.30. The Bertz CT molecular complexity index is 244. The van der Waals surface area contributed by atoms with Crippen molar-refractivity contribution in [1.82, 2.24) is 0 Å². The summed E-state index contributed by atoms with van der Waals surface area (Å²) in [5.74, 6) is -0.130. The maximum absolute atomic E-state index is 11.4. The number of primary amides is 1. The molecule has 1 aliphatic carbocycles. The molecular formula is C9H15I2NO. The standard InChI is InChI=1S/C9H15I2NO/c1-7(2,10)4-9(6(12)13)5-8(9,3)11/h4-5H2,1-3H3,(H2,12,13). The van der Waals surface area contributed by atoms with Gasteiger partial charge < -0.3 is 5.73 Å². The predicted molar refractivity (Wildman–Crippen MR) is 71.4 cm³/mol. The quantitative estimate of drug-likeness (QED) is 0.568. The van der Waals surface area contributed by atoms with Crippen molar-refractivity contribution in [2.75, 3.05) is 0 Å². The van der Waals surface area contributed by atoms with Crippen LogP contribution in [0.3, 0.4) is 0 Å². The van der Waals surface area contributed by atoms with Gasteiger partial charge in [-0.1, -0.05) is 59.0 Å². The Morgan fingerprint density at radius 3 is 2.08 bits per heavy atom. The molecule has 0 bridgehead atoms. The van der Waals surface area contributed by atoms with Crippen LogP contribution in [0.5, 0.6) is 0 Å². The maximum atomic E-state index is 11.4. The zero-order valence-corrected chi connectivity index (χ0v) is 12.5. The molecule has 2 atom stereocenters. The summed E-state index contributed by atoms with van der Waals surface area (Å²) in [5, 5.41) is 0. The fourth-order valence-corrected chi connectivity index (χ4v) is 3.68. The van der Waals surface area contributed by atoms with Gasteiger partial charge in [0.15, 0.2) is 0 Å². The summed E-state index contributed by atoms with van der Waals surface area (Å²) in [5.41, 5.74) is 5.22. The Morgan fingerprint density at radius 1 is 1.62 bits per heavy atom. The molecule has 0 spiro atoms. The minimum Gasteiger partial charge on any atom is -0.369 e. The molecule has 0 heterocycles. The zero-order valence-electron chi connectivity index (χ0n) is 8.16. The fourth-order valence-electron chi connectivity index (χ4n) is 1.92. The summed E-state index contributed by atoms with van der Waals surface area (Å²) in [6.07, 6.45) is 1.82. The number of amides is 1. The van der Waals surface area contributed by atoms with Crippen LogP contribution >= 0.6 is 45.2 Å². The van der Waals surface area contributed by atoms with E-state index < -0.39 is 0 Å². The number of halogens is 2. The molecular weight excluding hydrogens is 392 g/mol. The topological polar surface area (TPSA) is 43.1 Å². The van der Waals surface area contributed by atoms with E-state index in [9.17, 15) is 4.79 Å². The van der Waals surface area contributed by atoms with Crippen molar-refractivity contribution in [3.05, 3.63) is 0 Å². The summed E-state index contributed by atoms with van der Waals surface area (Å²) < 4.78 is 0.231. The molecule has 1 amide bonds. The molecule has 0 radical (unpaired) electrons. The predicted octanol–water partition coefficient (Wildman–Crippen LogP) is 2.66. The lowest BCUT2D eigenvalue weighted by Gasteiger charge is -2.24. The summed E-state index contributed by atoms with van der Waals surface area (Å²) in [6, 6.07) is 0. The monoisotopic (exact) mass is 407 g/mol. The van der Waals surface area contributed by atoms with Gasteiger partial charge in [-0.2, -0.15) is 0 Å². The van der Waals surface area contributed by atoms with Crippen LogP contribution in [-0.4, -0.2) is 12.8 Å². The van der Waals surface area contributed by atoms with Gasteiger partial charge in [-0.25, -0.2) is 0 Å². The van der Waals surface area contributed by atoms with Gasteiger partial charge in [0.2, 0.25) is 5.91 Å². The zero-order chi connectivity index (χ0) is 10.5. The molecule has 1 rings (SSSR count). The second kappa shape index (κ2) is 3.21. The third-order valence-corrected chi connectivity index (χ3v) is 4.50. The molecule has 1 aliphatic rings. The third-order valence-electron chi connectivity index (χ3n) is 2.70. The molecule has 0 aromatic heterocycles. The molecule has 2 nitrogen and oxygen atoms in total. The van der Waals surface area contributed by atoms with E-state index in [-0.39, 0.29) is 18.2 Å². The van der Waals surface area contributed by atoms with E-state index in [0.717, 1.165) is 12.8 Å². The van der Waals surface area contributed by atoms with Crippen molar-refractivity contribution in [2.45, 2.75) is 40.5 Å². The third kappa shape index (κ3) is 2.30. The summed E-state index contributed by atoms with van der Waals surface area (Å²) in [4.78, 5) is 11.4. The highest BCUT2D eigenvalue weighted by atomic mass is 127. The van der Waals surface area contributed by atoms with Gasteiger partial charge in [-0.05, 0) is 19.8 Å². The number of hydrogen-bond donors (Lipinski definition) is 1.